The monoisotopic (exact) mass is 510 g/mol. The lowest BCUT2D eigenvalue weighted by atomic mass is 10.1. The molecule has 4 nitrogen and oxygen atoms in total. The van der Waals surface area contributed by atoms with Gasteiger partial charge in [-0.1, -0.05) is 109 Å². The molecular weight excluding hydrogens is 488 g/mol. The van der Waals surface area contributed by atoms with E-state index >= 15 is 0 Å². The molecule has 0 aliphatic rings. The predicted molar refractivity (Wildman–Crippen MR) is 164 cm³/mol. The Balaban J connectivity index is 1.49. The molecular formula is C36H22N4. The van der Waals surface area contributed by atoms with Crippen LogP contribution in [-0.2, 0) is 0 Å². The van der Waals surface area contributed by atoms with E-state index in [0.717, 1.165) is 28.2 Å². The lowest BCUT2D eigenvalue weighted by Gasteiger charge is -2.12. The maximum absolute atomic E-state index is 5.23. The first-order valence-corrected chi connectivity index (χ1v) is 13.5. The highest BCUT2D eigenvalue weighted by molar-refractivity contribution is 6.29. The molecule has 0 spiro atoms. The number of rotatable bonds is 3. The van der Waals surface area contributed by atoms with Gasteiger partial charge in [0.1, 0.15) is 5.82 Å². The van der Waals surface area contributed by atoms with Gasteiger partial charge in [-0.3, -0.25) is 4.57 Å². The van der Waals surface area contributed by atoms with Gasteiger partial charge in [-0.25, -0.2) is 9.97 Å². The van der Waals surface area contributed by atoms with Crippen LogP contribution in [0.4, 0.5) is 0 Å². The summed E-state index contributed by atoms with van der Waals surface area (Å²) < 4.78 is 4.77. The summed E-state index contributed by atoms with van der Waals surface area (Å²) in [6, 6.07) is 46.8. The number of pyridine rings is 1. The van der Waals surface area contributed by atoms with E-state index in [4.69, 9.17) is 9.97 Å². The Morgan fingerprint density at radius 2 is 1.07 bits per heavy atom. The summed E-state index contributed by atoms with van der Waals surface area (Å²) in [6.45, 7) is 0. The van der Waals surface area contributed by atoms with E-state index < -0.39 is 0 Å². The number of aromatic nitrogens is 4. The predicted octanol–water partition coefficient (Wildman–Crippen LogP) is 8.90. The molecule has 0 aliphatic carbocycles. The Kier molecular flexibility index (Phi) is 4.30. The van der Waals surface area contributed by atoms with Gasteiger partial charge in [0.25, 0.3) is 0 Å². The van der Waals surface area contributed by atoms with E-state index in [1.807, 2.05) is 24.3 Å². The average Bonchev–Trinajstić information content (AvgIpc) is 3.66. The largest absolute Gasteiger partial charge is 0.306 e. The first-order chi connectivity index (χ1) is 19.9. The molecule has 0 aliphatic heterocycles. The van der Waals surface area contributed by atoms with Crippen LogP contribution in [0.5, 0.6) is 0 Å². The van der Waals surface area contributed by atoms with Crippen LogP contribution in [-0.4, -0.2) is 18.9 Å². The van der Waals surface area contributed by atoms with Gasteiger partial charge in [-0.2, -0.15) is 0 Å². The first-order valence-electron chi connectivity index (χ1n) is 13.5. The molecule has 9 rings (SSSR count). The molecule has 0 amide bonds. The molecule has 0 unspecified atom stereocenters. The highest BCUT2D eigenvalue weighted by atomic mass is 15.1. The fraction of sp³-hybridized carbons (Fsp3) is 0. The van der Waals surface area contributed by atoms with E-state index in [1.54, 1.807) is 0 Å². The molecule has 4 aromatic carbocycles. The van der Waals surface area contributed by atoms with Crippen molar-refractivity contribution < 1.29 is 0 Å². The van der Waals surface area contributed by atoms with E-state index in [-0.39, 0.29) is 0 Å². The molecule has 4 heteroatoms. The molecule has 186 valence electrons. The average molecular weight is 511 g/mol. The molecule has 5 aromatic heterocycles. The first kappa shape index (κ1) is 21.5. The van der Waals surface area contributed by atoms with Crippen molar-refractivity contribution in [2.45, 2.75) is 0 Å². The lowest BCUT2D eigenvalue weighted by Crippen LogP contribution is -2.02. The van der Waals surface area contributed by atoms with E-state index in [1.165, 1.54) is 43.6 Å². The van der Waals surface area contributed by atoms with Crippen molar-refractivity contribution in [3.8, 4) is 28.5 Å². The Morgan fingerprint density at radius 1 is 0.450 bits per heavy atom. The Labute approximate surface area is 229 Å². The third-order valence-corrected chi connectivity index (χ3v) is 8.07. The van der Waals surface area contributed by atoms with Crippen LogP contribution < -0.4 is 0 Å². The van der Waals surface area contributed by atoms with Gasteiger partial charge in [0.15, 0.2) is 5.82 Å². The zero-order valence-electron chi connectivity index (χ0n) is 21.5. The minimum absolute atomic E-state index is 0.712. The van der Waals surface area contributed by atoms with Gasteiger partial charge in [0.05, 0.1) is 33.3 Å². The minimum atomic E-state index is 0.712. The second-order valence-corrected chi connectivity index (χ2v) is 10.3. The lowest BCUT2D eigenvalue weighted by molar-refractivity contribution is 1.05. The van der Waals surface area contributed by atoms with Gasteiger partial charge < -0.3 is 4.40 Å². The second kappa shape index (κ2) is 8.01. The van der Waals surface area contributed by atoms with Crippen molar-refractivity contribution in [2.24, 2.45) is 0 Å². The van der Waals surface area contributed by atoms with Crippen molar-refractivity contribution in [1.82, 2.24) is 18.9 Å². The molecule has 0 N–H and O–H groups in total. The molecule has 0 fully saturated rings. The van der Waals surface area contributed by atoms with Crippen LogP contribution in [0.2, 0.25) is 0 Å². The summed E-state index contributed by atoms with van der Waals surface area (Å²) in [4.78, 5) is 10.3. The minimum Gasteiger partial charge on any atom is -0.306 e. The zero-order chi connectivity index (χ0) is 26.2. The highest BCUT2D eigenvalue weighted by Gasteiger charge is 2.25. The smallest absolute Gasteiger partial charge is 0.162 e. The van der Waals surface area contributed by atoms with Gasteiger partial charge >= 0.3 is 0 Å². The maximum Gasteiger partial charge on any atom is 0.162 e. The third-order valence-electron chi connectivity index (χ3n) is 8.07. The zero-order valence-corrected chi connectivity index (χ0v) is 21.5. The van der Waals surface area contributed by atoms with Crippen molar-refractivity contribution in [3.05, 3.63) is 133 Å². The van der Waals surface area contributed by atoms with Gasteiger partial charge in [0.2, 0.25) is 0 Å². The molecule has 0 bridgehead atoms. The van der Waals surface area contributed by atoms with Crippen LogP contribution in [0.15, 0.2) is 133 Å². The van der Waals surface area contributed by atoms with Gasteiger partial charge in [0, 0.05) is 38.7 Å². The molecule has 5 heterocycles. The number of hydrogen-bond donors (Lipinski definition) is 0. The molecule has 0 radical (unpaired) electrons. The maximum atomic E-state index is 5.23. The molecule has 0 saturated heterocycles. The van der Waals surface area contributed by atoms with Crippen LogP contribution in [0.25, 0.3) is 77.6 Å². The summed E-state index contributed by atoms with van der Waals surface area (Å²) in [5.74, 6) is 1.57. The van der Waals surface area contributed by atoms with Crippen LogP contribution in [0.3, 0.4) is 0 Å². The second-order valence-electron chi connectivity index (χ2n) is 10.3. The number of para-hydroxylation sites is 1. The Bertz CT molecular complexity index is 2300. The number of benzene rings is 4. The van der Waals surface area contributed by atoms with Crippen molar-refractivity contribution in [3.63, 3.8) is 0 Å². The van der Waals surface area contributed by atoms with E-state index in [0.29, 0.717) is 5.82 Å². The quantitative estimate of drug-likeness (QED) is 0.238. The van der Waals surface area contributed by atoms with Crippen molar-refractivity contribution in [1.29, 1.82) is 0 Å². The topological polar surface area (TPSA) is 35.1 Å². The third kappa shape index (κ3) is 2.85. The van der Waals surface area contributed by atoms with Crippen LogP contribution >= 0.6 is 0 Å². The van der Waals surface area contributed by atoms with Crippen LogP contribution in [0, 0.1) is 0 Å². The Morgan fingerprint density at radius 3 is 1.88 bits per heavy atom. The number of hydrogen-bond acceptors (Lipinski definition) is 2. The molecule has 0 atom stereocenters. The summed E-state index contributed by atoms with van der Waals surface area (Å²) >= 11 is 0. The summed E-state index contributed by atoms with van der Waals surface area (Å²) in [7, 11) is 0. The number of fused-ring (bicyclic) bond motifs is 8. The summed E-state index contributed by atoms with van der Waals surface area (Å²) in [5.41, 5.74) is 8.93. The van der Waals surface area contributed by atoms with Gasteiger partial charge in [-0.05, 0) is 18.2 Å². The van der Waals surface area contributed by atoms with E-state index in [2.05, 4.69) is 118 Å². The Hall–Kier alpha value is -5.48. The summed E-state index contributed by atoms with van der Waals surface area (Å²) in [5, 5.41) is 4.99. The van der Waals surface area contributed by atoms with Crippen LogP contribution in [0.1, 0.15) is 0 Å². The highest BCUT2D eigenvalue weighted by Crippen LogP contribution is 2.44. The number of nitrogens with zero attached hydrogens (tertiary/aromatic N) is 4. The molecule has 0 saturated carbocycles. The SMILES string of the molecule is c1ccc(-c2cc(-n3c4ccccc4c4c3c3c5ccccc5c5cccc4n53)nc(-c3ccccc3)n2)cc1. The van der Waals surface area contributed by atoms with Crippen molar-refractivity contribution >= 4 is 49.1 Å². The van der Waals surface area contributed by atoms with Gasteiger partial charge in [-0.15, -0.1) is 0 Å². The molecule has 40 heavy (non-hydrogen) atoms. The van der Waals surface area contributed by atoms with Crippen molar-refractivity contribution in [2.75, 3.05) is 0 Å². The van der Waals surface area contributed by atoms with E-state index in [9.17, 15) is 0 Å². The molecule has 9 aromatic rings. The fourth-order valence-corrected chi connectivity index (χ4v) is 6.41. The standard InChI is InChI=1S/C36H22N4/c1-3-12-23(13-4-1)28-22-32(38-36(37-28)24-14-5-2-6-15-24)40-30-19-10-9-18-27(30)33-31-21-11-20-29-25-16-7-8-17-26(25)34(35(33)40)39(29)31/h1-22H. The normalized spacial score (nSPS) is 12.0. The summed E-state index contributed by atoms with van der Waals surface area (Å²) in [6.07, 6.45) is 0. The fourth-order valence-electron chi connectivity index (χ4n) is 6.41.